The van der Waals surface area contributed by atoms with Crippen LogP contribution in [0, 0.1) is 10.1 Å². The van der Waals surface area contributed by atoms with E-state index in [-0.39, 0.29) is 5.69 Å². The van der Waals surface area contributed by atoms with Crippen LogP contribution in [0.5, 0.6) is 0 Å². The minimum absolute atomic E-state index is 0.0747. The molecule has 2 N–H and O–H groups in total. The number of nitro groups is 1. The van der Waals surface area contributed by atoms with Crippen LogP contribution >= 0.6 is 0 Å². The molecule has 1 rings (SSSR count). The normalized spacial score (nSPS) is 11.7. The lowest BCUT2D eigenvalue weighted by atomic mass is 10.1. The molecule has 0 amide bonds. The summed E-state index contributed by atoms with van der Waals surface area (Å²) < 4.78 is 0. The van der Waals surface area contributed by atoms with Gasteiger partial charge in [0.1, 0.15) is 0 Å². The zero-order chi connectivity index (χ0) is 14.6. The number of nitrogens with zero attached hydrogens (tertiary/aromatic N) is 2. The molecule has 0 aromatic heterocycles. The zero-order valence-electron chi connectivity index (χ0n) is 11.8. The van der Waals surface area contributed by atoms with Crippen molar-refractivity contribution in [2.45, 2.75) is 26.0 Å². The van der Waals surface area contributed by atoms with Gasteiger partial charge < -0.3 is 10.4 Å². The molecular formula is C13H21N3O3. The number of hydrogen-bond acceptors (Lipinski definition) is 5. The fourth-order valence-corrected chi connectivity index (χ4v) is 2.08. The number of benzene rings is 1. The molecule has 106 valence electrons. The minimum atomic E-state index is -0.796. The highest BCUT2D eigenvalue weighted by Gasteiger charge is 2.17. The molecule has 0 spiro atoms. The van der Waals surface area contributed by atoms with E-state index in [1.807, 2.05) is 11.9 Å². The van der Waals surface area contributed by atoms with Crippen LogP contribution in [0.3, 0.4) is 0 Å². The van der Waals surface area contributed by atoms with Gasteiger partial charge >= 0.3 is 0 Å². The molecule has 6 nitrogen and oxygen atoms in total. The largest absolute Gasteiger partial charge is 0.389 e. The van der Waals surface area contributed by atoms with Crippen molar-refractivity contribution in [3.63, 3.8) is 0 Å². The van der Waals surface area contributed by atoms with Crippen molar-refractivity contribution < 1.29 is 10.0 Å². The van der Waals surface area contributed by atoms with Gasteiger partial charge in [0.05, 0.1) is 10.5 Å². The maximum absolute atomic E-state index is 10.8. The summed E-state index contributed by atoms with van der Waals surface area (Å²) >= 11 is 0. The number of aliphatic hydroxyl groups is 1. The summed E-state index contributed by atoms with van der Waals surface area (Å²) in [6.07, 6.45) is 0. The van der Waals surface area contributed by atoms with Crippen molar-refractivity contribution in [2.24, 2.45) is 0 Å². The SMILES string of the molecule is CNc1ccc([N+](=O)[O-])cc1CN(C)CC(C)(C)O. The summed E-state index contributed by atoms with van der Waals surface area (Å²) in [6, 6.07) is 4.74. The maximum atomic E-state index is 10.8. The molecule has 0 radical (unpaired) electrons. The highest BCUT2D eigenvalue weighted by atomic mass is 16.6. The van der Waals surface area contributed by atoms with Crippen LogP contribution in [0.15, 0.2) is 18.2 Å². The molecule has 1 aromatic rings. The van der Waals surface area contributed by atoms with Crippen LogP contribution < -0.4 is 5.32 Å². The highest BCUT2D eigenvalue weighted by molar-refractivity contribution is 5.55. The van der Waals surface area contributed by atoms with E-state index in [4.69, 9.17) is 0 Å². The summed E-state index contributed by atoms with van der Waals surface area (Å²) in [6.45, 7) is 4.48. The fraction of sp³-hybridized carbons (Fsp3) is 0.538. The quantitative estimate of drug-likeness (QED) is 0.607. The van der Waals surface area contributed by atoms with Gasteiger partial charge in [-0.15, -0.1) is 0 Å². The van der Waals surface area contributed by atoms with E-state index in [1.54, 1.807) is 33.0 Å². The summed E-state index contributed by atoms with van der Waals surface area (Å²) in [5, 5.41) is 23.6. The van der Waals surface area contributed by atoms with Gasteiger partial charge in [0.15, 0.2) is 0 Å². The number of hydrogen-bond donors (Lipinski definition) is 2. The smallest absolute Gasteiger partial charge is 0.269 e. The predicted octanol–water partition coefficient (Wildman–Crippen LogP) is 1.84. The second kappa shape index (κ2) is 5.99. The number of nitrogens with one attached hydrogen (secondary N) is 1. The molecular weight excluding hydrogens is 246 g/mol. The fourth-order valence-electron chi connectivity index (χ4n) is 2.08. The molecule has 19 heavy (non-hydrogen) atoms. The summed E-state index contributed by atoms with van der Waals surface area (Å²) in [7, 11) is 3.65. The van der Waals surface area contributed by atoms with E-state index < -0.39 is 10.5 Å². The third-order valence-corrected chi connectivity index (χ3v) is 2.67. The molecule has 0 aliphatic carbocycles. The molecule has 1 aromatic carbocycles. The van der Waals surface area contributed by atoms with E-state index in [1.165, 1.54) is 6.07 Å². The molecule has 0 atom stereocenters. The average molecular weight is 267 g/mol. The number of nitro benzene ring substituents is 1. The number of likely N-dealkylation sites (N-methyl/N-ethyl adjacent to an activating group) is 1. The average Bonchev–Trinajstić information content (AvgIpc) is 2.26. The lowest BCUT2D eigenvalue weighted by molar-refractivity contribution is -0.384. The van der Waals surface area contributed by atoms with Gasteiger partial charge in [-0.05, 0) is 32.5 Å². The van der Waals surface area contributed by atoms with Gasteiger partial charge in [0.25, 0.3) is 5.69 Å². The Morgan fingerprint density at radius 1 is 1.47 bits per heavy atom. The molecule has 0 bridgehead atoms. The third kappa shape index (κ3) is 4.84. The molecule has 0 aliphatic heterocycles. The summed E-state index contributed by atoms with van der Waals surface area (Å²) in [4.78, 5) is 12.3. The Morgan fingerprint density at radius 2 is 2.11 bits per heavy atom. The first kappa shape index (κ1) is 15.4. The molecule has 0 fully saturated rings. The van der Waals surface area contributed by atoms with Crippen molar-refractivity contribution in [3.05, 3.63) is 33.9 Å². The molecule has 0 saturated heterocycles. The van der Waals surface area contributed by atoms with E-state index in [0.717, 1.165) is 11.3 Å². The molecule has 0 unspecified atom stereocenters. The Balaban J connectivity index is 2.91. The standard InChI is InChI=1S/C13H21N3O3/c1-13(2,17)9-15(4)8-10-7-11(16(18)19)5-6-12(10)14-3/h5-7,14,17H,8-9H2,1-4H3. The van der Waals surface area contributed by atoms with Gasteiger partial charge in [0, 0.05) is 38.0 Å². The van der Waals surface area contributed by atoms with Crippen LogP contribution in [0.1, 0.15) is 19.4 Å². The van der Waals surface area contributed by atoms with Gasteiger partial charge in [-0.1, -0.05) is 0 Å². The van der Waals surface area contributed by atoms with Crippen LogP contribution in [-0.2, 0) is 6.54 Å². The lowest BCUT2D eigenvalue weighted by Gasteiger charge is -2.26. The van der Waals surface area contributed by atoms with E-state index in [9.17, 15) is 15.2 Å². The first-order valence-corrected chi connectivity index (χ1v) is 6.09. The maximum Gasteiger partial charge on any atom is 0.269 e. The summed E-state index contributed by atoms with van der Waals surface area (Å²) in [5.41, 5.74) is 0.970. The molecule has 6 heteroatoms. The first-order valence-electron chi connectivity index (χ1n) is 6.09. The number of non-ortho nitro benzene ring substituents is 1. The van der Waals surface area contributed by atoms with Crippen molar-refractivity contribution in [1.82, 2.24) is 4.90 Å². The Kier molecular flexibility index (Phi) is 4.85. The van der Waals surface area contributed by atoms with Crippen LogP contribution in [0.2, 0.25) is 0 Å². The minimum Gasteiger partial charge on any atom is -0.389 e. The van der Waals surface area contributed by atoms with Crippen molar-refractivity contribution in [1.29, 1.82) is 0 Å². The summed E-state index contributed by atoms with van der Waals surface area (Å²) in [5.74, 6) is 0. The van der Waals surface area contributed by atoms with Crippen LogP contribution in [0.4, 0.5) is 11.4 Å². The van der Waals surface area contributed by atoms with Gasteiger partial charge in [-0.25, -0.2) is 0 Å². The van der Waals surface area contributed by atoms with Gasteiger partial charge in [-0.2, -0.15) is 0 Å². The van der Waals surface area contributed by atoms with E-state index in [2.05, 4.69) is 5.32 Å². The van der Waals surface area contributed by atoms with Crippen molar-refractivity contribution in [3.8, 4) is 0 Å². The van der Waals surface area contributed by atoms with Gasteiger partial charge in [-0.3, -0.25) is 15.0 Å². The van der Waals surface area contributed by atoms with E-state index in [0.29, 0.717) is 13.1 Å². The Morgan fingerprint density at radius 3 is 2.58 bits per heavy atom. The molecule has 0 saturated carbocycles. The Hall–Kier alpha value is -1.66. The predicted molar refractivity (Wildman–Crippen MR) is 75.3 cm³/mol. The molecule has 0 aliphatic rings. The third-order valence-electron chi connectivity index (χ3n) is 2.67. The van der Waals surface area contributed by atoms with Gasteiger partial charge in [0.2, 0.25) is 0 Å². The van der Waals surface area contributed by atoms with Crippen LogP contribution in [-0.4, -0.2) is 41.2 Å². The first-order chi connectivity index (χ1) is 8.73. The van der Waals surface area contributed by atoms with Crippen molar-refractivity contribution in [2.75, 3.05) is 26.0 Å². The zero-order valence-corrected chi connectivity index (χ0v) is 11.8. The van der Waals surface area contributed by atoms with E-state index >= 15 is 0 Å². The van der Waals surface area contributed by atoms with Crippen LogP contribution in [0.25, 0.3) is 0 Å². The monoisotopic (exact) mass is 267 g/mol. The Labute approximate surface area is 113 Å². The second-order valence-corrected chi connectivity index (χ2v) is 5.33. The topological polar surface area (TPSA) is 78.6 Å². The highest BCUT2D eigenvalue weighted by Crippen LogP contribution is 2.23. The number of anilines is 1. The number of rotatable bonds is 6. The Bertz CT molecular complexity index is 455. The second-order valence-electron chi connectivity index (χ2n) is 5.33. The van der Waals surface area contributed by atoms with Crippen molar-refractivity contribution >= 4 is 11.4 Å². The molecule has 0 heterocycles. The lowest BCUT2D eigenvalue weighted by Crippen LogP contribution is -2.35.